The first-order valence-corrected chi connectivity index (χ1v) is 7.01. The lowest BCUT2D eigenvalue weighted by Crippen LogP contribution is -2.38. The van der Waals surface area contributed by atoms with Crippen LogP contribution in [0, 0.1) is 11.6 Å². The predicted molar refractivity (Wildman–Crippen MR) is 72.6 cm³/mol. The number of hydrogen-bond donors (Lipinski definition) is 1. The Kier molecular flexibility index (Phi) is 3.49. The van der Waals surface area contributed by atoms with Gasteiger partial charge in [-0.3, -0.25) is 0 Å². The Hall–Kier alpha value is -1.82. The number of halogens is 2. The largest absolute Gasteiger partial charge is 0.339 e. The minimum absolute atomic E-state index is 0.00615. The molecule has 4 nitrogen and oxygen atoms in total. The molecule has 1 aromatic heterocycles. The third kappa shape index (κ3) is 2.55. The Morgan fingerprint density at radius 1 is 1.43 bits per heavy atom. The summed E-state index contributed by atoms with van der Waals surface area (Å²) < 4.78 is 31.8. The van der Waals surface area contributed by atoms with E-state index >= 15 is 0 Å². The second kappa shape index (κ2) is 5.18. The minimum atomic E-state index is -0.606. The van der Waals surface area contributed by atoms with Gasteiger partial charge in [0.2, 0.25) is 5.89 Å². The Bertz CT molecular complexity index is 658. The SMILES string of the molecule is CC1(c2nc(Cc3ccc(F)cc3F)no2)CCCC1N. The lowest BCUT2D eigenvalue weighted by atomic mass is 9.85. The van der Waals surface area contributed by atoms with Crippen molar-refractivity contribution in [2.45, 2.75) is 44.1 Å². The Balaban J connectivity index is 1.82. The summed E-state index contributed by atoms with van der Waals surface area (Å²) >= 11 is 0. The molecule has 112 valence electrons. The lowest BCUT2D eigenvalue weighted by molar-refractivity contribution is 0.276. The number of nitrogens with zero attached hydrogens (tertiary/aromatic N) is 2. The van der Waals surface area contributed by atoms with Gasteiger partial charge in [-0.2, -0.15) is 4.98 Å². The zero-order valence-electron chi connectivity index (χ0n) is 11.8. The highest BCUT2D eigenvalue weighted by Crippen LogP contribution is 2.38. The predicted octanol–water partition coefficient (Wildman–Crippen LogP) is 2.71. The maximum atomic E-state index is 13.6. The van der Waals surface area contributed by atoms with Crippen molar-refractivity contribution in [1.29, 1.82) is 0 Å². The first-order chi connectivity index (χ1) is 9.99. The maximum absolute atomic E-state index is 13.6. The van der Waals surface area contributed by atoms with E-state index < -0.39 is 11.6 Å². The molecule has 0 amide bonds. The number of benzene rings is 1. The zero-order valence-corrected chi connectivity index (χ0v) is 11.8. The monoisotopic (exact) mass is 293 g/mol. The van der Waals surface area contributed by atoms with Gasteiger partial charge in [0.1, 0.15) is 11.6 Å². The quantitative estimate of drug-likeness (QED) is 0.945. The summed E-state index contributed by atoms with van der Waals surface area (Å²) in [5.74, 6) is -0.319. The van der Waals surface area contributed by atoms with Gasteiger partial charge in [0.05, 0.1) is 5.41 Å². The molecule has 2 N–H and O–H groups in total. The van der Waals surface area contributed by atoms with E-state index in [9.17, 15) is 8.78 Å². The fourth-order valence-electron chi connectivity index (χ4n) is 2.85. The van der Waals surface area contributed by atoms with Gasteiger partial charge < -0.3 is 10.3 Å². The van der Waals surface area contributed by atoms with Gasteiger partial charge >= 0.3 is 0 Å². The molecule has 1 saturated carbocycles. The van der Waals surface area contributed by atoms with Crippen LogP contribution < -0.4 is 5.73 Å². The highest BCUT2D eigenvalue weighted by atomic mass is 19.1. The minimum Gasteiger partial charge on any atom is -0.339 e. The van der Waals surface area contributed by atoms with Crippen molar-refractivity contribution in [3.8, 4) is 0 Å². The van der Waals surface area contributed by atoms with Gasteiger partial charge in [0.25, 0.3) is 0 Å². The summed E-state index contributed by atoms with van der Waals surface area (Å²) in [5.41, 5.74) is 6.14. The summed E-state index contributed by atoms with van der Waals surface area (Å²) in [7, 11) is 0. The number of nitrogens with two attached hydrogens (primary N) is 1. The molecule has 2 aromatic rings. The van der Waals surface area contributed by atoms with Crippen LogP contribution in [-0.2, 0) is 11.8 Å². The van der Waals surface area contributed by atoms with Gasteiger partial charge in [-0.05, 0) is 31.4 Å². The van der Waals surface area contributed by atoms with Crippen LogP contribution in [0.15, 0.2) is 22.7 Å². The van der Waals surface area contributed by atoms with Gasteiger partial charge in [-0.15, -0.1) is 0 Å². The van der Waals surface area contributed by atoms with Crippen LogP contribution in [0.1, 0.15) is 43.5 Å². The van der Waals surface area contributed by atoms with Gasteiger partial charge in [0, 0.05) is 18.5 Å². The van der Waals surface area contributed by atoms with Crippen LogP contribution in [0.25, 0.3) is 0 Å². The molecule has 3 rings (SSSR count). The number of aromatic nitrogens is 2. The van der Waals surface area contributed by atoms with Crippen LogP contribution >= 0.6 is 0 Å². The van der Waals surface area contributed by atoms with Crippen molar-refractivity contribution in [2.24, 2.45) is 5.73 Å². The van der Waals surface area contributed by atoms with Gasteiger partial charge in [-0.25, -0.2) is 8.78 Å². The molecule has 0 spiro atoms. The van der Waals surface area contributed by atoms with E-state index in [4.69, 9.17) is 10.3 Å². The van der Waals surface area contributed by atoms with Crippen LogP contribution in [0.5, 0.6) is 0 Å². The van der Waals surface area contributed by atoms with Gasteiger partial charge in [0.15, 0.2) is 5.82 Å². The molecule has 0 bridgehead atoms. The Morgan fingerprint density at radius 3 is 2.90 bits per heavy atom. The summed E-state index contributed by atoms with van der Waals surface area (Å²) in [4.78, 5) is 4.36. The third-order valence-corrected chi connectivity index (χ3v) is 4.35. The fourth-order valence-corrected chi connectivity index (χ4v) is 2.85. The van der Waals surface area contributed by atoms with Crippen molar-refractivity contribution >= 4 is 0 Å². The van der Waals surface area contributed by atoms with E-state index in [1.165, 1.54) is 12.1 Å². The average Bonchev–Trinajstić information content (AvgIpc) is 3.02. The summed E-state index contributed by atoms with van der Waals surface area (Å²) in [6.45, 7) is 2.01. The van der Waals surface area contributed by atoms with E-state index in [0.717, 1.165) is 25.3 Å². The lowest BCUT2D eigenvalue weighted by Gasteiger charge is -2.23. The highest BCUT2D eigenvalue weighted by molar-refractivity contribution is 5.22. The van der Waals surface area contributed by atoms with Crippen molar-refractivity contribution < 1.29 is 13.3 Å². The van der Waals surface area contributed by atoms with Crippen LogP contribution in [0.3, 0.4) is 0 Å². The molecule has 0 aliphatic heterocycles. The summed E-state index contributed by atoms with van der Waals surface area (Å²) in [6.07, 6.45) is 3.03. The van der Waals surface area contributed by atoms with Crippen molar-refractivity contribution in [1.82, 2.24) is 10.1 Å². The molecule has 0 radical (unpaired) electrons. The second-order valence-electron chi connectivity index (χ2n) is 5.84. The molecule has 2 atom stereocenters. The molecule has 1 aromatic carbocycles. The molecule has 1 aliphatic rings. The molecular weight excluding hydrogens is 276 g/mol. The molecule has 1 fully saturated rings. The molecule has 21 heavy (non-hydrogen) atoms. The zero-order chi connectivity index (χ0) is 15.0. The fraction of sp³-hybridized carbons (Fsp3) is 0.467. The van der Waals surface area contributed by atoms with Crippen molar-refractivity contribution in [3.63, 3.8) is 0 Å². The van der Waals surface area contributed by atoms with Crippen LogP contribution in [0.4, 0.5) is 8.78 Å². The topological polar surface area (TPSA) is 64.9 Å². The molecule has 2 unspecified atom stereocenters. The molecule has 6 heteroatoms. The standard InChI is InChI=1S/C15H17F2N3O/c1-15(6-2-3-12(15)18)14-19-13(20-21-14)7-9-4-5-10(16)8-11(9)17/h4-5,8,12H,2-3,6-7,18H2,1H3. The average molecular weight is 293 g/mol. The van der Waals surface area contributed by atoms with E-state index in [1.807, 2.05) is 6.92 Å². The van der Waals surface area contributed by atoms with E-state index in [0.29, 0.717) is 17.3 Å². The smallest absolute Gasteiger partial charge is 0.234 e. The molecular formula is C15H17F2N3O. The maximum Gasteiger partial charge on any atom is 0.234 e. The summed E-state index contributed by atoms with van der Waals surface area (Å²) in [5, 5.41) is 3.90. The van der Waals surface area contributed by atoms with E-state index in [1.54, 1.807) is 0 Å². The van der Waals surface area contributed by atoms with Crippen LogP contribution in [0.2, 0.25) is 0 Å². The second-order valence-corrected chi connectivity index (χ2v) is 5.84. The first kappa shape index (κ1) is 14.1. The Labute approximate surface area is 121 Å². The number of rotatable bonds is 3. The molecule has 1 heterocycles. The van der Waals surface area contributed by atoms with Crippen molar-refractivity contribution in [2.75, 3.05) is 0 Å². The van der Waals surface area contributed by atoms with E-state index in [-0.39, 0.29) is 17.9 Å². The van der Waals surface area contributed by atoms with E-state index in [2.05, 4.69) is 10.1 Å². The summed E-state index contributed by atoms with van der Waals surface area (Å²) in [6, 6.07) is 3.45. The highest BCUT2D eigenvalue weighted by Gasteiger charge is 2.42. The number of hydrogen-bond acceptors (Lipinski definition) is 4. The Morgan fingerprint density at radius 2 is 2.24 bits per heavy atom. The first-order valence-electron chi connectivity index (χ1n) is 7.01. The normalized spacial score (nSPS) is 25.4. The molecule has 1 aliphatic carbocycles. The van der Waals surface area contributed by atoms with Crippen molar-refractivity contribution in [3.05, 3.63) is 47.1 Å². The van der Waals surface area contributed by atoms with Crippen LogP contribution in [-0.4, -0.2) is 16.2 Å². The molecule has 0 saturated heterocycles. The van der Waals surface area contributed by atoms with Gasteiger partial charge in [-0.1, -0.05) is 17.6 Å². The third-order valence-electron chi connectivity index (χ3n) is 4.35.